The standard InChI is InChI=1S/C10H23NO2S/c1-5-6-7-14(12,13)8-9(11)10(2,3)4/h9H,5-8,11H2,1-4H3. The van der Waals surface area contributed by atoms with E-state index in [2.05, 4.69) is 0 Å². The molecular weight excluding hydrogens is 198 g/mol. The second-order valence-electron chi connectivity index (χ2n) is 4.94. The van der Waals surface area contributed by atoms with E-state index in [1.54, 1.807) is 0 Å². The third-order valence-electron chi connectivity index (χ3n) is 2.35. The van der Waals surface area contributed by atoms with Crippen molar-refractivity contribution >= 4 is 9.84 Å². The van der Waals surface area contributed by atoms with Crippen LogP contribution in [0.15, 0.2) is 0 Å². The van der Waals surface area contributed by atoms with Crippen LogP contribution in [-0.2, 0) is 9.84 Å². The zero-order chi connectivity index (χ0) is 11.4. The van der Waals surface area contributed by atoms with Gasteiger partial charge in [0.15, 0.2) is 9.84 Å². The van der Waals surface area contributed by atoms with E-state index >= 15 is 0 Å². The minimum Gasteiger partial charge on any atom is -0.326 e. The average molecular weight is 221 g/mol. The van der Waals surface area contributed by atoms with Crippen LogP contribution >= 0.6 is 0 Å². The second kappa shape index (κ2) is 5.12. The Balaban J connectivity index is 4.23. The van der Waals surface area contributed by atoms with Crippen molar-refractivity contribution in [3.05, 3.63) is 0 Å². The molecule has 0 amide bonds. The predicted molar refractivity (Wildman–Crippen MR) is 61.0 cm³/mol. The molecular formula is C10H23NO2S. The fraction of sp³-hybridized carbons (Fsp3) is 1.00. The Bertz CT molecular complexity index is 252. The molecule has 0 fully saturated rings. The van der Waals surface area contributed by atoms with E-state index in [1.165, 1.54) is 0 Å². The van der Waals surface area contributed by atoms with Crippen molar-refractivity contribution in [2.24, 2.45) is 11.1 Å². The Kier molecular flexibility index (Phi) is 5.09. The quantitative estimate of drug-likeness (QED) is 0.766. The Morgan fingerprint density at radius 2 is 1.79 bits per heavy atom. The predicted octanol–water partition coefficient (Wildman–Crippen LogP) is 1.57. The number of unbranched alkanes of at least 4 members (excludes halogenated alkanes) is 1. The van der Waals surface area contributed by atoms with Gasteiger partial charge in [0.2, 0.25) is 0 Å². The fourth-order valence-corrected chi connectivity index (χ4v) is 2.91. The van der Waals surface area contributed by atoms with Gasteiger partial charge in [-0.2, -0.15) is 0 Å². The van der Waals surface area contributed by atoms with Gasteiger partial charge in [-0.3, -0.25) is 0 Å². The molecule has 0 aromatic heterocycles. The molecule has 3 nitrogen and oxygen atoms in total. The van der Waals surface area contributed by atoms with Gasteiger partial charge in [-0.15, -0.1) is 0 Å². The van der Waals surface area contributed by atoms with E-state index in [9.17, 15) is 8.42 Å². The summed E-state index contributed by atoms with van der Waals surface area (Å²) >= 11 is 0. The summed E-state index contributed by atoms with van der Waals surface area (Å²) in [5.74, 6) is 0.379. The van der Waals surface area contributed by atoms with Crippen molar-refractivity contribution in [3.63, 3.8) is 0 Å². The molecule has 0 saturated heterocycles. The Morgan fingerprint density at radius 3 is 2.14 bits per heavy atom. The zero-order valence-electron chi connectivity index (χ0n) is 9.71. The van der Waals surface area contributed by atoms with E-state index in [0.29, 0.717) is 0 Å². The number of hydrogen-bond donors (Lipinski definition) is 1. The van der Waals surface area contributed by atoms with E-state index in [1.807, 2.05) is 27.7 Å². The van der Waals surface area contributed by atoms with Gasteiger partial charge in [-0.05, 0) is 11.8 Å². The van der Waals surface area contributed by atoms with E-state index < -0.39 is 9.84 Å². The van der Waals surface area contributed by atoms with Gasteiger partial charge in [0, 0.05) is 6.04 Å². The van der Waals surface area contributed by atoms with Crippen LogP contribution in [0.25, 0.3) is 0 Å². The highest BCUT2D eigenvalue weighted by Crippen LogP contribution is 2.18. The lowest BCUT2D eigenvalue weighted by molar-refractivity contribution is 0.340. The highest BCUT2D eigenvalue weighted by Gasteiger charge is 2.25. The largest absolute Gasteiger partial charge is 0.326 e. The monoisotopic (exact) mass is 221 g/mol. The third kappa shape index (κ3) is 5.60. The lowest BCUT2D eigenvalue weighted by atomic mass is 9.89. The summed E-state index contributed by atoms with van der Waals surface area (Å²) in [6, 6.07) is -0.274. The highest BCUT2D eigenvalue weighted by atomic mass is 32.2. The topological polar surface area (TPSA) is 60.2 Å². The summed E-state index contributed by atoms with van der Waals surface area (Å²) < 4.78 is 23.1. The number of rotatable bonds is 5. The fourth-order valence-electron chi connectivity index (χ4n) is 0.971. The Morgan fingerprint density at radius 1 is 1.29 bits per heavy atom. The second-order valence-corrected chi connectivity index (χ2v) is 7.17. The number of nitrogens with two attached hydrogens (primary N) is 1. The minimum absolute atomic E-state index is 0.108. The molecule has 0 aromatic rings. The van der Waals surface area contributed by atoms with Crippen LogP contribution in [0.3, 0.4) is 0 Å². The molecule has 0 aliphatic rings. The molecule has 4 heteroatoms. The van der Waals surface area contributed by atoms with Crippen molar-refractivity contribution in [1.29, 1.82) is 0 Å². The summed E-state index contributed by atoms with van der Waals surface area (Å²) in [5.41, 5.74) is 5.69. The van der Waals surface area contributed by atoms with Crippen molar-refractivity contribution < 1.29 is 8.42 Å². The molecule has 2 N–H and O–H groups in total. The first kappa shape index (κ1) is 13.9. The molecule has 0 aliphatic carbocycles. The van der Waals surface area contributed by atoms with Gasteiger partial charge in [0.25, 0.3) is 0 Å². The van der Waals surface area contributed by atoms with Crippen LogP contribution in [0.4, 0.5) is 0 Å². The van der Waals surface area contributed by atoms with Crippen molar-refractivity contribution in [2.75, 3.05) is 11.5 Å². The van der Waals surface area contributed by atoms with Crippen LogP contribution in [0.2, 0.25) is 0 Å². The first-order chi connectivity index (χ1) is 6.19. The maximum absolute atomic E-state index is 11.6. The summed E-state index contributed by atoms with van der Waals surface area (Å²) in [4.78, 5) is 0. The molecule has 0 spiro atoms. The average Bonchev–Trinajstić information content (AvgIpc) is 1.98. The molecule has 0 aliphatic heterocycles. The van der Waals surface area contributed by atoms with E-state index in [-0.39, 0.29) is 23.0 Å². The summed E-state index contributed by atoms with van der Waals surface area (Å²) in [6.45, 7) is 7.88. The van der Waals surface area contributed by atoms with Crippen LogP contribution in [0, 0.1) is 5.41 Å². The summed E-state index contributed by atoms with van der Waals surface area (Å²) in [6.07, 6.45) is 1.64. The van der Waals surface area contributed by atoms with Crippen LogP contribution < -0.4 is 5.73 Å². The minimum atomic E-state index is -2.95. The van der Waals surface area contributed by atoms with Crippen LogP contribution in [-0.4, -0.2) is 26.0 Å². The van der Waals surface area contributed by atoms with Gasteiger partial charge in [0.05, 0.1) is 11.5 Å². The zero-order valence-corrected chi connectivity index (χ0v) is 10.5. The van der Waals surface area contributed by atoms with E-state index in [0.717, 1.165) is 12.8 Å². The van der Waals surface area contributed by atoms with Crippen molar-refractivity contribution in [3.8, 4) is 0 Å². The van der Waals surface area contributed by atoms with E-state index in [4.69, 9.17) is 5.73 Å². The van der Waals surface area contributed by atoms with Crippen LogP contribution in [0.5, 0.6) is 0 Å². The van der Waals surface area contributed by atoms with Gasteiger partial charge < -0.3 is 5.73 Å². The molecule has 0 heterocycles. The summed E-state index contributed by atoms with van der Waals surface area (Å²) in [5, 5.41) is 0. The lowest BCUT2D eigenvalue weighted by Crippen LogP contribution is -2.41. The van der Waals surface area contributed by atoms with Gasteiger partial charge in [-0.1, -0.05) is 34.1 Å². The molecule has 14 heavy (non-hydrogen) atoms. The first-order valence-corrected chi connectivity index (χ1v) is 6.97. The first-order valence-electron chi connectivity index (χ1n) is 5.15. The van der Waals surface area contributed by atoms with Crippen molar-refractivity contribution in [2.45, 2.75) is 46.6 Å². The Hall–Kier alpha value is -0.0900. The van der Waals surface area contributed by atoms with Crippen LogP contribution in [0.1, 0.15) is 40.5 Å². The van der Waals surface area contributed by atoms with Gasteiger partial charge in [0.1, 0.15) is 0 Å². The van der Waals surface area contributed by atoms with Gasteiger partial charge in [-0.25, -0.2) is 8.42 Å². The molecule has 0 saturated carbocycles. The lowest BCUT2D eigenvalue weighted by Gasteiger charge is -2.26. The molecule has 0 radical (unpaired) electrons. The Labute approximate surface area is 88.0 Å². The molecule has 1 atom stereocenters. The number of hydrogen-bond acceptors (Lipinski definition) is 3. The molecule has 0 bridgehead atoms. The maximum atomic E-state index is 11.6. The highest BCUT2D eigenvalue weighted by molar-refractivity contribution is 7.91. The third-order valence-corrected chi connectivity index (χ3v) is 4.13. The SMILES string of the molecule is CCCCS(=O)(=O)CC(N)C(C)(C)C. The molecule has 0 aromatic carbocycles. The molecule has 1 unspecified atom stereocenters. The van der Waals surface area contributed by atoms with Crippen molar-refractivity contribution in [1.82, 2.24) is 0 Å². The molecule has 86 valence electrons. The maximum Gasteiger partial charge on any atom is 0.151 e. The smallest absolute Gasteiger partial charge is 0.151 e. The van der Waals surface area contributed by atoms with Gasteiger partial charge >= 0.3 is 0 Å². The molecule has 0 rings (SSSR count). The summed E-state index contributed by atoms with van der Waals surface area (Å²) in [7, 11) is -2.95. The normalized spacial score (nSPS) is 15.5. The number of sulfone groups is 1.